The summed E-state index contributed by atoms with van der Waals surface area (Å²) in [5.41, 5.74) is 2.09. The number of oxazole rings is 1. The van der Waals surface area contributed by atoms with Gasteiger partial charge in [0.05, 0.1) is 17.7 Å². The zero-order valence-corrected chi connectivity index (χ0v) is 14.8. The molecule has 1 heterocycles. The second-order valence-corrected chi connectivity index (χ2v) is 6.87. The molecule has 130 valence electrons. The van der Waals surface area contributed by atoms with Gasteiger partial charge in [-0.1, -0.05) is 39.0 Å². The van der Waals surface area contributed by atoms with Gasteiger partial charge in [-0.05, 0) is 42.2 Å². The molecule has 2 aromatic carbocycles. The Morgan fingerprint density at radius 1 is 1.16 bits per heavy atom. The van der Waals surface area contributed by atoms with E-state index in [4.69, 9.17) is 9.15 Å². The van der Waals surface area contributed by atoms with Gasteiger partial charge in [0.2, 0.25) is 0 Å². The van der Waals surface area contributed by atoms with Crippen LogP contribution in [0, 0.1) is 0 Å². The molecule has 0 amide bonds. The van der Waals surface area contributed by atoms with Crippen molar-refractivity contribution >= 4 is 17.0 Å². The number of hydrogen-bond acceptors (Lipinski definition) is 4. The predicted octanol–water partition coefficient (Wildman–Crippen LogP) is 3.98. The van der Waals surface area contributed by atoms with Crippen molar-refractivity contribution in [1.82, 2.24) is 4.57 Å². The fourth-order valence-corrected chi connectivity index (χ4v) is 2.72. The average molecular weight is 339 g/mol. The Hall–Kier alpha value is -2.82. The van der Waals surface area contributed by atoms with E-state index in [2.05, 4.69) is 20.8 Å². The number of hydrogen-bond donors (Lipinski definition) is 0. The number of para-hydroxylation sites is 1. The van der Waals surface area contributed by atoms with Crippen LogP contribution in [0.4, 0.5) is 0 Å². The second kappa shape index (κ2) is 6.24. The summed E-state index contributed by atoms with van der Waals surface area (Å²) in [5, 5.41) is 0. The third-order valence-electron chi connectivity index (χ3n) is 4.07. The molecule has 0 spiro atoms. The maximum absolute atomic E-state index is 13.0. The minimum Gasteiger partial charge on any atom is -0.493 e. The van der Waals surface area contributed by atoms with Crippen molar-refractivity contribution in [3.8, 4) is 5.75 Å². The Labute approximate surface area is 145 Å². The van der Waals surface area contributed by atoms with Gasteiger partial charge in [-0.2, -0.15) is 0 Å². The van der Waals surface area contributed by atoms with Gasteiger partial charge in [-0.25, -0.2) is 9.36 Å². The molecule has 0 N–H and O–H groups in total. The van der Waals surface area contributed by atoms with Gasteiger partial charge >= 0.3 is 5.76 Å². The SMILES string of the molecule is CCOc1ccccc1C(=O)n1c(=O)oc2ccc(C(C)(C)C)cc21. The van der Waals surface area contributed by atoms with E-state index in [1.807, 2.05) is 19.1 Å². The lowest BCUT2D eigenvalue weighted by Gasteiger charge is -2.18. The lowest BCUT2D eigenvalue weighted by molar-refractivity contribution is 0.0952. The van der Waals surface area contributed by atoms with Crippen LogP contribution in [-0.2, 0) is 5.41 Å². The van der Waals surface area contributed by atoms with Crippen LogP contribution in [0.25, 0.3) is 11.1 Å². The largest absolute Gasteiger partial charge is 0.493 e. The first kappa shape index (κ1) is 17.0. The molecule has 0 aliphatic heterocycles. The highest BCUT2D eigenvalue weighted by atomic mass is 16.5. The normalized spacial score (nSPS) is 11.7. The molecule has 0 aliphatic rings. The van der Waals surface area contributed by atoms with Crippen molar-refractivity contribution in [1.29, 1.82) is 0 Å². The van der Waals surface area contributed by atoms with Crippen LogP contribution in [0.15, 0.2) is 51.7 Å². The van der Waals surface area contributed by atoms with Crippen LogP contribution >= 0.6 is 0 Å². The lowest BCUT2D eigenvalue weighted by atomic mass is 9.87. The zero-order chi connectivity index (χ0) is 18.2. The Morgan fingerprint density at radius 3 is 2.56 bits per heavy atom. The van der Waals surface area contributed by atoms with Crippen LogP contribution in [0.1, 0.15) is 43.6 Å². The Morgan fingerprint density at radius 2 is 1.88 bits per heavy atom. The summed E-state index contributed by atoms with van der Waals surface area (Å²) in [6.45, 7) is 8.49. The molecule has 0 fully saturated rings. The van der Waals surface area contributed by atoms with E-state index < -0.39 is 11.7 Å². The highest BCUT2D eigenvalue weighted by Gasteiger charge is 2.22. The van der Waals surface area contributed by atoms with E-state index in [0.29, 0.717) is 29.0 Å². The van der Waals surface area contributed by atoms with Crippen LogP contribution in [0.3, 0.4) is 0 Å². The zero-order valence-electron chi connectivity index (χ0n) is 14.8. The number of carbonyl (C=O) groups excluding carboxylic acids is 1. The van der Waals surface area contributed by atoms with Crippen LogP contribution < -0.4 is 10.5 Å². The Balaban J connectivity index is 2.20. The molecule has 0 radical (unpaired) electrons. The molecule has 3 rings (SSSR count). The summed E-state index contributed by atoms with van der Waals surface area (Å²) >= 11 is 0. The molecule has 25 heavy (non-hydrogen) atoms. The van der Waals surface area contributed by atoms with Crippen molar-refractivity contribution in [3.05, 3.63) is 64.1 Å². The van der Waals surface area contributed by atoms with Crippen molar-refractivity contribution in [3.63, 3.8) is 0 Å². The number of rotatable bonds is 3. The van der Waals surface area contributed by atoms with E-state index in [1.54, 1.807) is 30.3 Å². The smallest absolute Gasteiger partial charge is 0.427 e. The maximum Gasteiger partial charge on any atom is 0.427 e. The summed E-state index contributed by atoms with van der Waals surface area (Å²) in [5.74, 6) is -0.709. The first-order valence-electron chi connectivity index (χ1n) is 8.25. The summed E-state index contributed by atoms with van der Waals surface area (Å²) in [6.07, 6.45) is 0. The lowest BCUT2D eigenvalue weighted by Crippen LogP contribution is -2.24. The summed E-state index contributed by atoms with van der Waals surface area (Å²) < 4.78 is 11.8. The minimum atomic E-state index is -0.697. The maximum atomic E-state index is 13.0. The summed E-state index contributed by atoms with van der Waals surface area (Å²) in [4.78, 5) is 25.3. The van der Waals surface area contributed by atoms with E-state index in [-0.39, 0.29) is 5.41 Å². The van der Waals surface area contributed by atoms with Gasteiger partial charge in [0.1, 0.15) is 5.75 Å². The van der Waals surface area contributed by atoms with Crippen molar-refractivity contribution in [2.75, 3.05) is 6.61 Å². The number of nitrogens with zero attached hydrogens (tertiary/aromatic N) is 1. The van der Waals surface area contributed by atoms with Gasteiger partial charge in [-0.15, -0.1) is 0 Å². The number of ether oxygens (including phenoxy) is 1. The van der Waals surface area contributed by atoms with Gasteiger partial charge in [0.15, 0.2) is 5.58 Å². The standard InChI is InChI=1S/C20H21NO4/c1-5-24-16-9-7-6-8-14(16)18(22)21-15-12-13(20(2,3)4)10-11-17(15)25-19(21)23/h6-12H,5H2,1-4H3. The second-order valence-electron chi connectivity index (χ2n) is 6.87. The van der Waals surface area contributed by atoms with E-state index in [0.717, 1.165) is 10.1 Å². The molecule has 0 bridgehead atoms. The van der Waals surface area contributed by atoms with Crippen molar-refractivity contribution < 1.29 is 13.9 Å². The summed E-state index contributed by atoms with van der Waals surface area (Å²) in [7, 11) is 0. The van der Waals surface area contributed by atoms with Crippen LogP contribution in [0.5, 0.6) is 5.75 Å². The van der Waals surface area contributed by atoms with Crippen molar-refractivity contribution in [2.24, 2.45) is 0 Å². The number of benzene rings is 2. The quantitative estimate of drug-likeness (QED) is 0.724. The highest BCUT2D eigenvalue weighted by molar-refractivity contribution is 6.02. The number of carbonyl (C=O) groups is 1. The van der Waals surface area contributed by atoms with Gasteiger partial charge in [0.25, 0.3) is 5.91 Å². The molecular weight excluding hydrogens is 318 g/mol. The molecule has 5 nitrogen and oxygen atoms in total. The molecule has 0 aliphatic carbocycles. The molecular formula is C20H21NO4. The Bertz CT molecular complexity index is 989. The van der Waals surface area contributed by atoms with Crippen LogP contribution in [-0.4, -0.2) is 17.1 Å². The fraction of sp³-hybridized carbons (Fsp3) is 0.300. The van der Waals surface area contributed by atoms with Gasteiger partial charge in [-0.3, -0.25) is 4.79 Å². The van der Waals surface area contributed by atoms with E-state index in [1.165, 1.54) is 0 Å². The predicted molar refractivity (Wildman–Crippen MR) is 96.5 cm³/mol. The van der Waals surface area contributed by atoms with Crippen LogP contribution in [0.2, 0.25) is 0 Å². The molecule has 0 saturated carbocycles. The summed E-state index contributed by atoms with van der Waals surface area (Å²) in [6, 6.07) is 12.4. The third-order valence-corrected chi connectivity index (χ3v) is 4.07. The monoisotopic (exact) mass is 339 g/mol. The molecule has 0 unspecified atom stereocenters. The first-order chi connectivity index (χ1) is 11.8. The fourth-order valence-electron chi connectivity index (χ4n) is 2.72. The van der Waals surface area contributed by atoms with Gasteiger partial charge < -0.3 is 9.15 Å². The number of aromatic nitrogens is 1. The molecule has 5 heteroatoms. The Kier molecular flexibility index (Phi) is 4.25. The topological polar surface area (TPSA) is 61.4 Å². The molecule has 1 aromatic heterocycles. The highest BCUT2D eigenvalue weighted by Crippen LogP contribution is 2.27. The van der Waals surface area contributed by atoms with Crippen molar-refractivity contribution in [2.45, 2.75) is 33.1 Å². The van der Waals surface area contributed by atoms with E-state index in [9.17, 15) is 9.59 Å². The molecule has 3 aromatic rings. The number of fused-ring (bicyclic) bond motifs is 1. The van der Waals surface area contributed by atoms with Gasteiger partial charge in [0, 0.05) is 0 Å². The van der Waals surface area contributed by atoms with E-state index >= 15 is 0 Å². The average Bonchev–Trinajstić information content (AvgIpc) is 2.89. The first-order valence-corrected chi connectivity index (χ1v) is 8.25. The minimum absolute atomic E-state index is 0.112. The third kappa shape index (κ3) is 3.09. The molecule has 0 atom stereocenters. The molecule has 0 saturated heterocycles.